The number of aryl methyl sites for hydroxylation is 1. The second kappa shape index (κ2) is 3.01. The maximum Gasteiger partial charge on any atom is 0.158 e. The van der Waals surface area contributed by atoms with E-state index in [0.717, 1.165) is 16.5 Å². The topological polar surface area (TPSA) is 43.8 Å². The maximum absolute atomic E-state index is 5.93. The number of rotatable bonds is 1. The minimum Gasteiger partial charge on any atom is -0.326 e. The summed E-state index contributed by atoms with van der Waals surface area (Å²) >= 11 is 5.93. The molecule has 1 heterocycles. The summed E-state index contributed by atoms with van der Waals surface area (Å²) in [6, 6.07) is 5.95. The first-order valence-corrected chi connectivity index (χ1v) is 4.41. The molecule has 0 aliphatic rings. The molecule has 2 rings (SSSR count). The lowest BCUT2D eigenvalue weighted by Gasteiger charge is -1.97. The van der Waals surface area contributed by atoms with Crippen LogP contribution in [0.15, 0.2) is 18.2 Å². The standard InChI is InChI=1S/C9H10ClN3/c1-13-8-3-2-6(5-11)4-7(8)9(10)12-13/h2-4H,5,11H2,1H3. The Balaban J connectivity index is 2.76. The minimum atomic E-state index is 0.529. The van der Waals surface area contributed by atoms with Crippen molar-refractivity contribution in [3.05, 3.63) is 28.9 Å². The van der Waals surface area contributed by atoms with E-state index in [2.05, 4.69) is 5.10 Å². The molecule has 0 aliphatic heterocycles. The number of benzene rings is 1. The summed E-state index contributed by atoms with van der Waals surface area (Å²) in [4.78, 5) is 0. The van der Waals surface area contributed by atoms with Crippen LogP contribution in [-0.2, 0) is 13.6 Å². The van der Waals surface area contributed by atoms with Gasteiger partial charge >= 0.3 is 0 Å². The molecule has 4 heteroatoms. The second-order valence-corrected chi connectivity index (χ2v) is 3.33. The molecule has 0 fully saturated rings. The highest BCUT2D eigenvalue weighted by atomic mass is 35.5. The number of halogens is 1. The molecule has 0 unspecified atom stereocenters. The molecule has 0 atom stereocenters. The van der Waals surface area contributed by atoms with Crippen molar-refractivity contribution in [1.82, 2.24) is 9.78 Å². The Morgan fingerprint density at radius 1 is 1.54 bits per heavy atom. The van der Waals surface area contributed by atoms with E-state index in [4.69, 9.17) is 17.3 Å². The summed E-state index contributed by atoms with van der Waals surface area (Å²) in [6.07, 6.45) is 0. The predicted octanol–water partition coefficient (Wildman–Crippen LogP) is 1.69. The molecule has 0 amide bonds. The molecular weight excluding hydrogens is 186 g/mol. The lowest BCUT2D eigenvalue weighted by Crippen LogP contribution is -1.95. The molecule has 1 aromatic carbocycles. The van der Waals surface area contributed by atoms with Gasteiger partial charge in [0.2, 0.25) is 0 Å². The molecule has 0 bridgehead atoms. The van der Waals surface area contributed by atoms with Gasteiger partial charge in [-0.05, 0) is 17.7 Å². The van der Waals surface area contributed by atoms with Crippen LogP contribution in [0.25, 0.3) is 10.9 Å². The quantitative estimate of drug-likeness (QED) is 0.753. The third-order valence-electron chi connectivity index (χ3n) is 2.11. The fraction of sp³-hybridized carbons (Fsp3) is 0.222. The number of hydrogen-bond donors (Lipinski definition) is 1. The van der Waals surface area contributed by atoms with Gasteiger partial charge in [0.1, 0.15) is 0 Å². The largest absolute Gasteiger partial charge is 0.326 e. The molecule has 13 heavy (non-hydrogen) atoms. The van der Waals surface area contributed by atoms with Crippen molar-refractivity contribution < 1.29 is 0 Å². The van der Waals surface area contributed by atoms with E-state index in [1.54, 1.807) is 4.68 Å². The maximum atomic E-state index is 5.93. The van der Waals surface area contributed by atoms with E-state index in [-0.39, 0.29) is 0 Å². The van der Waals surface area contributed by atoms with Crippen molar-refractivity contribution in [2.24, 2.45) is 12.8 Å². The van der Waals surface area contributed by atoms with E-state index >= 15 is 0 Å². The van der Waals surface area contributed by atoms with E-state index < -0.39 is 0 Å². The van der Waals surface area contributed by atoms with Gasteiger partial charge in [-0.2, -0.15) is 5.10 Å². The highest BCUT2D eigenvalue weighted by molar-refractivity contribution is 6.34. The Kier molecular flexibility index (Phi) is 1.98. The lowest BCUT2D eigenvalue weighted by molar-refractivity contribution is 0.797. The van der Waals surface area contributed by atoms with E-state index in [1.807, 2.05) is 25.2 Å². The molecule has 0 spiro atoms. The molecule has 0 radical (unpaired) electrons. The Labute approximate surface area is 81.1 Å². The van der Waals surface area contributed by atoms with Crippen LogP contribution in [0.4, 0.5) is 0 Å². The molecule has 1 aromatic heterocycles. The van der Waals surface area contributed by atoms with E-state index in [0.29, 0.717) is 11.7 Å². The van der Waals surface area contributed by atoms with Gasteiger partial charge in [-0.25, -0.2) is 0 Å². The first-order valence-electron chi connectivity index (χ1n) is 4.03. The summed E-state index contributed by atoms with van der Waals surface area (Å²) in [5.74, 6) is 0. The lowest BCUT2D eigenvalue weighted by atomic mass is 10.1. The average molecular weight is 196 g/mol. The molecule has 0 saturated heterocycles. The Bertz CT molecular complexity index is 447. The van der Waals surface area contributed by atoms with Gasteiger partial charge in [0.05, 0.1) is 5.52 Å². The summed E-state index contributed by atoms with van der Waals surface area (Å²) in [5.41, 5.74) is 7.63. The normalized spacial score (nSPS) is 11.0. The molecule has 68 valence electrons. The van der Waals surface area contributed by atoms with Gasteiger partial charge in [-0.3, -0.25) is 4.68 Å². The first-order chi connectivity index (χ1) is 6.22. The number of hydrogen-bond acceptors (Lipinski definition) is 2. The zero-order valence-corrected chi connectivity index (χ0v) is 8.04. The van der Waals surface area contributed by atoms with Crippen molar-refractivity contribution in [1.29, 1.82) is 0 Å². The molecule has 0 aliphatic carbocycles. The molecule has 3 nitrogen and oxygen atoms in total. The average Bonchev–Trinajstić information content (AvgIpc) is 2.42. The smallest absolute Gasteiger partial charge is 0.158 e. The number of nitrogens with two attached hydrogens (primary N) is 1. The van der Waals surface area contributed by atoms with Crippen molar-refractivity contribution in [3.63, 3.8) is 0 Å². The van der Waals surface area contributed by atoms with Gasteiger partial charge in [-0.1, -0.05) is 17.7 Å². The highest BCUT2D eigenvalue weighted by Gasteiger charge is 2.05. The van der Waals surface area contributed by atoms with Crippen LogP contribution in [0.1, 0.15) is 5.56 Å². The Hall–Kier alpha value is -1.06. The second-order valence-electron chi connectivity index (χ2n) is 2.97. The van der Waals surface area contributed by atoms with Gasteiger partial charge < -0.3 is 5.73 Å². The number of aromatic nitrogens is 2. The van der Waals surface area contributed by atoms with Crippen LogP contribution in [0.5, 0.6) is 0 Å². The van der Waals surface area contributed by atoms with Gasteiger partial charge in [-0.15, -0.1) is 0 Å². The fourth-order valence-electron chi connectivity index (χ4n) is 1.40. The predicted molar refractivity (Wildman–Crippen MR) is 53.6 cm³/mol. The van der Waals surface area contributed by atoms with E-state index in [1.165, 1.54) is 0 Å². The SMILES string of the molecule is Cn1nc(Cl)c2cc(CN)ccc21. The van der Waals surface area contributed by atoms with Crippen LogP contribution < -0.4 is 5.73 Å². The molecule has 2 N–H and O–H groups in total. The van der Waals surface area contributed by atoms with Crippen LogP contribution in [0, 0.1) is 0 Å². The monoisotopic (exact) mass is 195 g/mol. The summed E-state index contributed by atoms with van der Waals surface area (Å²) in [7, 11) is 1.87. The molecule has 0 saturated carbocycles. The van der Waals surface area contributed by atoms with Crippen LogP contribution in [0.3, 0.4) is 0 Å². The zero-order valence-electron chi connectivity index (χ0n) is 7.29. The van der Waals surface area contributed by atoms with Crippen LogP contribution in [0.2, 0.25) is 5.15 Å². The van der Waals surface area contributed by atoms with Crippen molar-refractivity contribution in [3.8, 4) is 0 Å². The Morgan fingerprint density at radius 3 is 3.00 bits per heavy atom. The Morgan fingerprint density at radius 2 is 2.31 bits per heavy atom. The molecule has 2 aromatic rings. The molecular formula is C9H10ClN3. The first kappa shape index (κ1) is 8.53. The summed E-state index contributed by atoms with van der Waals surface area (Å²) < 4.78 is 1.76. The zero-order chi connectivity index (χ0) is 9.42. The van der Waals surface area contributed by atoms with Crippen LogP contribution in [-0.4, -0.2) is 9.78 Å². The number of fused-ring (bicyclic) bond motifs is 1. The minimum absolute atomic E-state index is 0.529. The highest BCUT2D eigenvalue weighted by Crippen LogP contribution is 2.22. The third kappa shape index (κ3) is 1.30. The van der Waals surface area contributed by atoms with Crippen molar-refractivity contribution >= 4 is 22.5 Å². The number of nitrogens with zero attached hydrogens (tertiary/aromatic N) is 2. The summed E-state index contributed by atoms with van der Waals surface area (Å²) in [5, 5.41) is 5.61. The van der Waals surface area contributed by atoms with Crippen molar-refractivity contribution in [2.75, 3.05) is 0 Å². The van der Waals surface area contributed by atoms with E-state index in [9.17, 15) is 0 Å². The van der Waals surface area contributed by atoms with Crippen molar-refractivity contribution in [2.45, 2.75) is 6.54 Å². The third-order valence-corrected chi connectivity index (χ3v) is 2.38. The fourth-order valence-corrected chi connectivity index (χ4v) is 1.66. The van der Waals surface area contributed by atoms with Gasteiger partial charge in [0.25, 0.3) is 0 Å². The van der Waals surface area contributed by atoms with Gasteiger partial charge in [0.15, 0.2) is 5.15 Å². The van der Waals surface area contributed by atoms with Gasteiger partial charge in [0, 0.05) is 19.0 Å². The summed E-state index contributed by atoms with van der Waals surface area (Å²) in [6.45, 7) is 0.529. The van der Waals surface area contributed by atoms with Crippen LogP contribution >= 0.6 is 11.6 Å².